The molecule has 26 heavy (non-hydrogen) atoms. The van der Waals surface area contributed by atoms with Crippen molar-refractivity contribution in [3.8, 4) is 11.5 Å². The van der Waals surface area contributed by atoms with Crippen molar-refractivity contribution in [2.75, 3.05) is 52.3 Å². The highest BCUT2D eigenvalue weighted by atomic mass is 16.5. The van der Waals surface area contributed by atoms with E-state index in [0.717, 1.165) is 13.1 Å². The number of ether oxygens (including phenoxy) is 2. The average Bonchev–Trinajstić information content (AvgIpc) is 3.09. The monoisotopic (exact) mass is 361 g/mol. The Hall–Kier alpha value is -1.79. The zero-order chi connectivity index (χ0) is 18.4. The van der Waals surface area contributed by atoms with Gasteiger partial charge < -0.3 is 19.7 Å². The van der Waals surface area contributed by atoms with E-state index in [2.05, 4.69) is 15.1 Å². The van der Waals surface area contributed by atoms with Crippen LogP contribution in [-0.4, -0.2) is 68.7 Å². The molecule has 1 unspecified atom stereocenters. The van der Waals surface area contributed by atoms with Crippen LogP contribution in [0.5, 0.6) is 11.5 Å². The molecule has 2 aliphatic heterocycles. The van der Waals surface area contributed by atoms with E-state index in [4.69, 9.17) is 9.47 Å². The molecule has 6 heteroatoms. The number of carbonyl (C=O) groups excluding carboxylic acids is 1. The maximum absolute atomic E-state index is 12.6. The van der Waals surface area contributed by atoms with E-state index >= 15 is 0 Å². The smallest absolute Gasteiger partial charge is 0.238 e. The van der Waals surface area contributed by atoms with Crippen LogP contribution in [0, 0.1) is 0 Å². The first-order valence-electron chi connectivity index (χ1n) is 9.68. The second kappa shape index (κ2) is 9.24. The molecule has 2 aliphatic rings. The van der Waals surface area contributed by atoms with Crippen LogP contribution < -0.4 is 14.8 Å². The summed E-state index contributed by atoms with van der Waals surface area (Å²) in [6, 6.07) is 5.93. The highest BCUT2D eigenvalue weighted by Gasteiger charge is 2.28. The molecule has 3 rings (SSSR count). The molecular weight excluding hydrogens is 330 g/mol. The summed E-state index contributed by atoms with van der Waals surface area (Å²) >= 11 is 0. The summed E-state index contributed by atoms with van der Waals surface area (Å²) in [5.74, 6) is 1.34. The molecule has 0 radical (unpaired) electrons. The van der Waals surface area contributed by atoms with E-state index in [9.17, 15) is 4.79 Å². The number of amides is 1. The lowest BCUT2D eigenvalue weighted by atomic mass is 10.1. The van der Waals surface area contributed by atoms with Gasteiger partial charge in [-0.1, -0.05) is 6.42 Å². The zero-order valence-corrected chi connectivity index (χ0v) is 16.0. The van der Waals surface area contributed by atoms with E-state index in [-0.39, 0.29) is 5.91 Å². The number of hydrogen-bond acceptors (Lipinski definition) is 5. The van der Waals surface area contributed by atoms with Gasteiger partial charge in [-0.05, 0) is 57.5 Å². The molecule has 1 amide bonds. The SMILES string of the molecule is COc1ccc(NC(=O)CN2CCCC2CN2CCCCC2)c(OC)c1. The zero-order valence-electron chi connectivity index (χ0n) is 16.0. The molecule has 0 bridgehead atoms. The quantitative estimate of drug-likeness (QED) is 0.809. The maximum atomic E-state index is 12.6. The fraction of sp³-hybridized carbons (Fsp3) is 0.650. The summed E-state index contributed by atoms with van der Waals surface area (Å²) in [6.45, 7) is 4.96. The lowest BCUT2D eigenvalue weighted by molar-refractivity contribution is -0.117. The fourth-order valence-corrected chi connectivity index (χ4v) is 4.03. The summed E-state index contributed by atoms with van der Waals surface area (Å²) in [7, 11) is 3.21. The third kappa shape index (κ3) is 4.89. The third-order valence-corrected chi connectivity index (χ3v) is 5.45. The van der Waals surface area contributed by atoms with Crippen LogP contribution in [-0.2, 0) is 4.79 Å². The highest BCUT2D eigenvalue weighted by molar-refractivity contribution is 5.93. The molecule has 144 valence electrons. The molecule has 0 saturated carbocycles. The molecule has 1 N–H and O–H groups in total. The maximum Gasteiger partial charge on any atom is 0.238 e. The van der Waals surface area contributed by atoms with Crippen molar-refractivity contribution < 1.29 is 14.3 Å². The highest BCUT2D eigenvalue weighted by Crippen LogP contribution is 2.29. The Morgan fingerprint density at radius 2 is 1.92 bits per heavy atom. The fourth-order valence-electron chi connectivity index (χ4n) is 4.03. The van der Waals surface area contributed by atoms with Crippen LogP contribution in [0.25, 0.3) is 0 Å². The van der Waals surface area contributed by atoms with E-state index in [1.54, 1.807) is 20.3 Å². The number of piperidine rings is 1. The first-order valence-corrected chi connectivity index (χ1v) is 9.68. The van der Waals surface area contributed by atoms with Crippen molar-refractivity contribution in [2.45, 2.75) is 38.1 Å². The summed E-state index contributed by atoms with van der Waals surface area (Å²) in [6.07, 6.45) is 6.35. The van der Waals surface area contributed by atoms with Crippen LogP contribution in [0.15, 0.2) is 18.2 Å². The van der Waals surface area contributed by atoms with E-state index in [1.807, 2.05) is 12.1 Å². The number of carbonyl (C=O) groups is 1. The van der Waals surface area contributed by atoms with Gasteiger partial charge in [-0.15, -0.1) is 0 Å². The minimum atomic E-state index is 0.0130. The molecular formula is C20H31N3O3. The van der Waals surface area contributed by atoms with Gasteiger partial charge in [0.2, 0.25) is 5.91 Å². The summed E-state index contributed by atoms with van der Waals surface area (Å²) in [5, 5.41) is 2.99. The Bertz CT molecular complexity index is 602. The Balaban J connectivity index is 1.55. The molecule has 0 spiro atoms. The van der Waals surface area contributed by atoms with Gasteiger partial charge in [-0.25, -0.2) is 0 Å². The lowest BCUT2D eigenvalue weighted by Crippen LogP contribution is -2.44. The standard InChI is InChI=1S/C20H31N3O3/c1-25-17-8-9-18(19(13-17)26-2)21-20(24)15-23-12-6-7-16(23)14-22-10-4-3-5-11-22/h8-9,13,16H,3-7,10-12,14-15H2,1-2H3,(H,21,24). The second-order valence-corrected chi connectivity index (χ2v) is 7.24. The molecule has 2 saturated heterocycles. The molecule has 1 aromatic carbocycles. The summed E-state index contributed by atoms with van der Waals surface area (Å²) in [4.78, 5) is 17.5. The third-order valence-electron chi connectivity index (χ3n) is 5.45. The first-order chi connectivity index (χ1) is 12.7. The van der Waals surface area contributed by atoms with Crippen LogP contribution in [0.1, 0.15) is 32.1 Å². The number of benzene rings is 1. The van der Waals surface area contributed by atoms with Crippen molar-refractivity contribution in [3.05, 3.63) is 18.2 Å². The second-order valence-electron chi connectivity index (χ2n) is 7.24. The minimum absolute atomic E-state index is 0.0130. The van der Waals surface area contributed by atoms with E-state index < -0.39 is 0 Å². The van der Waals surface area contributed by atoms with Crippen LogP contribution in [0.3, 0.4) is 0 Å². The lowest BCUT2D eigenvalue weighted by Gasteiger charge is -2.32. The summed E-state index contributed by atoms with van der Waals surface area (Å²) in [5.41, 5.74) is 0.685. The number of rotatable bonds is 7. The van der Waals surface area contributed by atoms with Gasteiger partial charge in [0.25, 0.3) is 0 Å². The number of methoxy groups -OCH3 is 2. The van der Waals surface area contributed by atoms with Crippen LogP contribution in [0.2, 0.25) is 0 Å². The average molecular weight is 361 g/mol. The number of nitrogens with one attached hydrogen (secondary N) is 1. The van der Waals surface area contributed by atoms with Gasteiger partial charge in [0, 0.05) is 18.7 Å². The summed E-state index contributed by atoms with van der Waals surface area (Å²) < 4.78 is 10.6. The Morgan fingerprint density at radius 1 is 1.12 bits per heavy atom. The first kappa shape index (κ1) is 19.0. The van der Waals surface area contributed by atoms with Crippen molar-refractivity contribution in [3.63, 3.8) is 0 Å². The van der Waals surface area contributed by atoms with Gasteiger partial charge in [0.15, 0.2) is 0 Å². The number of hydrogen-bond donors (Lipinski definition) is 1. The Kier molecular flexibility index (Phi) is 6.74. The largest absolute Gasteiger partial charge is 0.497 e. The topological polar surface area (TPSA) is 54.0 Å². The Morgan fingerprint density at radius 3 is 2.65 bits per heavy atom. The van der Waals surface area contributed by atoms with Crippen molar-refractivity contribution in [2.24, 2.45) is 0 Å². The predicted molar refractivity (Wildman–Crippen MR) is 103 cm³/mol. The molecule has 0 aromatic heterocycles. The minimum Gasteiger partial charge on any atom is -0.497 e. The Labute approximate surface area is 156 Å². The van der Waals surface area contributed by atoms with Gasteiger partial charge >= 0.3 is 0 Å². The van der Waals surface area contributed by atoms with Crippen LogP contribution in [0.4, 0.5) is 5.69 Å². The molecule has 0 aliphatic carbocycles. The van der Waals surface area contributed by atoms with Gasteiger partial charge in [-0.2, -0.15) is 0 Å². The molecule has 2 heterocycles. The molecule has 6 nitrogen and oxygen atoms in total. The number of anilines is 1. The molecule has 2 fully saturated rings. The van der Waals surface area contributed by atoms with Crippen molar-refractivity contribution in [1.82, 2.24) is 9.80 Å². The van der Waals surface area contributed by atoms with Crippen LogP contribution >= 0.6 is 0 Å². The van der Waals surface area contributed by atoms with E-state index in [1.165, 1.54) is 45.2 Å². The van der Waals surface area contributed by atoms with Gasteiger partial charge in [0.1, 0.15) is 11.5 Å². The molecule has 1 aromatic rings. The normalized spacial score (nSPS) is 21.5. The number of nitrogens with zero attached hydrogens (tertiary/aromatic N) is 2. The van der Waals surface area contributed by atoms with Crippen molar-refractivity contribution >= 4 is 11.6 Å². The van der Waals surface area contributed by atoms with Gasteiger partial charge in [-0.3, -0.25) is 9.69 Å². The van der Waals surface area contributed by atoms with E-state index in [0.29, 0.717) is 29.8 Å². The van der Waals surface area contributed by atoms with Gasteiger partial charge in [0.05, 0.1) is 26.5 Å². The predicted octanol–water partition coefficient (Wildman–Crippen LogP) is 2.59. The van der Waals surface area contributed by atoms with Crippen molar-refractivity contribution in [1.29, 1.82) is 0 Å². The number of likely N-dealkylation sites (tertiary alicyclic amines) is 2. The molecule has 1 atom stereocenters.